The van der Waals surface area contributed by atoms with Crippen molar-refractivity contribution in [2.45, 2.75) is 4.90 Å². The van der Waals surface area contributed by atoms with Crippen LogP contribution in [0.15, 0.2) is 33.6 Å². The third kappa shape index (κ3) is 2.53. The van der Waals surface area contributed by atoms with Gasteiger partial charge in [0, 0.05) is 12.6 Å². The van der Waals surface area contributed by atoms with Crippen molar-refractivity contribution in [1.82, 2.24) is 5.32 Å². The number of carbonyl (C=O) groups excluding carboxylic acids is 2. The van der Waals surface area contributed by atoms with Gasteiger partial charge < -0.3 is 5.32 Å². The average Bonchev–Trinajstić information content (AvgIpc) is 2.28. The van der Waals surface area contributed by atoms with E-state index in [-0.39, 0.29) is 10.8 Å². The van der Waals surface area contributed by atoms with Crippen LogP contribution in [0.25, 0.3) is 0 Å². The molecule has 0 unspecified atom stereocenters. The first-order valence-corrected chi connectivity index (χ1v) is 5.61. The SMILES string of the molecule is CNC(=O)c1ccc(S(=O)(=O)N=C=O)cc1. The molecule has 1 aromatic carbocycles. The summed E-state index contributed by atoms with van der Waals surface area (Å²) in [7, 11) is -2.53. The molecular formula is C9H8N2O4S. The van der Waals surface area contributed by atoms with E-state index < -0.39 is 10.0 Å². The fraction of sp³-hybridized carbons (Fsp3) is 0.111. The van der Waals surface area contributed by atoms with Crippen molar-refractivity contribution in [3.05, 3.63) is 29.8 Å². The van der Waals surface area contributed by atoms with Crippen molar-refractivity contribution >= 4 is 22.0 Å². The van der Waals surface area contributed by atoms with Crippen molar-refractivity contribution in [1.29, 1.82) is 0 Å². The fourth-order valence-electron chi connectivity index (χ4n) is 1.02. The monoisotopic (exact) mass is 240 g/mol. The first kappa shape index (κ1) is 12.1. The Morgan fingerprint density at radius 3 is 2.31 bits per heavy atom. The Kier molecular flexibility index (Phi) is 3.55. The van der Waals surface area contributed by atoms with Gasteiger partial charge in [-0.25, -0.2) is 4.79 Å². The van der Waals surface area contributed by atoms with Gasteiger partial charge >= 0.3 is 0 Å². The van der Waals surface area contributed by atoms with Crippen LogP contribution in [0.2, 0.25) is 0 Å². The molecule has 1 N–H and O–H groups in total. The van der Waals surface area contributed by atoms with Crippen molar-refractivity contribution < 1.29 is 18.0 Å². The molecule has 1 rings (SSSR count). The number of hydrogen-bond acceptors (Lipinski definition) is 4. The number of carbonyl (C=O) groups is 1. The van der Waals surface area contributed by atoms with Gasteiger partial charge in [0.05, 0.1) is 4.90 Å². The van der Waals surface area contributed by atoms with Crippen LogP contribution in [0.4, 0.5) is 0 Å². The highest BCUT2D eigenvalue weighted by Crippen LogP contribution is 2.12. The van der Waals surface area contributed by atoms with Gasteiger partial charge in [-0.1, -0.05) is 4.40 Å². The summed E-state index contributed by atoms with van der Waals surface area (Å²) < 4.78 is 25.2. The van der Waals surface area contributed by atoms with Crippen molar-refractivity contribution in [3.8, 4) is 0 Å². The summed E-state index contributed by atoms with van der Waals surface area (Å²) in [4.78, 5) is 20.9. The molecule has 0 heterocycles. The quantitative estimate of drug-likeness (QED) is 0.597. The van der Waals surface area contributed by atoms with E-state index in [1.54, 1.807) is 0 Å². The zero-order valence-electron chi connectivity index (χ0n) is 8.30. The largest absolute Gasteiger partial charge is 0.355 e. The lowest BCUT2D eigenvalue weighted by Crippen LogP contribution is -2.17. The zero-order valence-corrected chi connectivity index (χ0v) is 9.11. The summed E-state index contributed by atoms with van der Waals surface area (Å²) in [6.45, 7) is 0. The lowest BCUT2D eigenvalue weighted by atomic mass is 10.2. The minimum atomic E-state index is -3.99. The van der Waals surface area contributed by atoms with Crippen LogP contribution < -0.4 is 5.32 Å². The number of benzene rings is 1. The predicted octanol–water partition coefficient (Wildman–Crippen LogP) is 0.0707. The second kappa shape index (κ2) is 4.69. The molecule has 1 aromatic rings. The molecule has 6 nitrogen and oxygen atoms in total. The number of nitrogens with one attached hydrogen (secondary N) is 1. The molecular weight excluding hydrogens is 232 g/mol. The van der Waals surface area contributed by atoms with Gasteiger partial charge in [0.2, 0.25) is 0 Å². The molecule has 0 saturated carbocycles. The lowest BCUT2D eigenvalue weighted by Gasteiger charge is -2.00. The molecule has 0 radical (unpaired) electrons. The van der Waals surface area contributed by atoms with Crippen LogP contribution in [0, 0.1) is 0 Å². The average molecular weight is 240 g/mol. The van der Waals surface area contributed by atoms with E-state index in [1.165, 1.54) is 31.3 Å². The molecule has 0 aliphatic rings. The van der Waals surface area contributed by atoms with Crippen LogP contribution >= 0.6 is 0 Å². The normalized spacial score (nSPS) is 10.3. The van der Waals surface area contributed by atoms with Crippen LogP contribution in [-0.2, 0) is 14.8 Å². The Labute approximate surface area is 92.1 Å². The number of rotatable bonds is 3. The highest BCUT2D eigenvalue weighted by molar-refractivity contribution is 7.90. The summed E-state index contributed by atoms with van der Waals surface area (Å²) in [5.74, 6) is -0.331. The molecule has 7 heteroatoms. The van der Waals surface area contributed by atoms with Crippen LogP contribution in [0.5, 0.6) is 0 Å². The third-order valence-electron chi connectivity index (χ3n) is 1.80. The van der Waals surface area contributed by atoms with E-state index in [4.69, 9.17) is 0 Å². The summed E-state index contributed by atoms with van der Waals surface area (Å²) in [6.07, 6.45) is 0.963. The van der Waals surface area contributed by atoms with Crippen LogP contribution in [-0.4, -0.2) is 27.5 Å². The summed E-state index contributed by atoms with van der Waals surface area (Å²) in [6, 6.07) is 5.04. The molecule has 0 aliphatic heterocycles. The highest BCUT2D eigenvalue weighted by atomic mass is 32.2. The number of sulfonamides is 1. The lowest BCUT2D eigenvalue weighted by molar-refractivity contribution is 0.0963. The van der Waals surface area contributed by atoms with Gasteiger partial charge in [0.25, 0.3) is 22.0 Å². The van der Waals surface area contributed by atoms with E-state index in [1.807, 2.05) is 0 Å². The van der Waals surface area contributed by atoms with Crippen LogP contribution in [0.1, 0.15) is 10.4 Å². The predicted molar refractivity (Wildman–Crippen MR) is 55.1 cm³/mol. The Hall–Kier alpha value is -1.98. The maximum Gasteiger partial charge on any atom is 0.292 e. The van der Waals surface area contributed by atoms with E-state index in [0.29, 0.717) is 5.56 Å². The second-order valence-corrected chi connectivity index (χ2v) is 4.37. The molecule has 0 aromatic heterocycles. The maximum absolute atomic E-state index is 11.3. The first-order chi connectivity index (χ1) is 7.51. The van der Waals surface area contributed by atoms with E-state index >= 15 is 0 Å². The molecule has 84 valence electrons. The Bertz CT molecular complexity index is 541. The van der Waals surface area contributed by atoms with Gasteiger partial charge in [-0.15, -0.1) is 0 Å². The van der Waals surface area contributed by atoms with E-state index in [0.717, 1.165) is 6.08 Å². The van der Waals surface area contributed by atoms with Gasteiger partial charge in [0.15, 0.2) is 0 Å². The fourth-order valence-corrected chi connectivity index (χ4v) is 1.71. The third-order valence-corrected chi connectivity index (χ3v) is 2.98. The summed E-state index contributed by atoms with van der Waals surface area (Å²) in [5, 5.41) is 2.39. The molecule has 0 atom stereocenters. The molecule has 0 aliphatic carbocycles. The summed E-state index contributed by atoms with van der Waals surface area (Å²) >= 11 is 0. The Morgan fingerprint density at radius 1 is 1.31 bits per heavy atom. The first-order valence-electron chi connectivity index (χ1n) is 4.17. The second-order valence-electron chi connectivity index (χ2n) is 2.76. The smallest absolute Gasteiger partial charge is 0.292 e. The minimum Gasteiger partial charge on any atom is -0.355 e. The molecule has 0 spiro atoms. The van der Waals surface area contributed by atoms with Crippen molar-refractivity contribution in [2.24, 2.45) is 4.40 Å². The molecule has 16 heavy (non-hydrogen) atoms. The molecule has 0 saturated heterocycles. The van der Waals surface area contributed by atoms with Gasteiger partial charge in [-0.05, 0) is 24.3 Å². The van der Waals surface area contributed by atoms with E-state index in [2.05, 4.69) is 9.71 Å². The highest BCUT2D eigenvalue weighted by Gasteiger charge is 2.13. The minimum absolute atomic E-state index is 0.163. The molecule has 0 fully saturated rings. The topological polar surface area (TPSA) is 92.7 Å². The maximum atomic E-state index is 11.3. The van der Waals surface area contributed by atoms with Gasteiger partial charge in [-0.2, -0.15) is 8.42 Å². The van der Waals surface area contributed by atoms with E-state index in [9.17, 15) is 18.0 Å². The van der Waals surface area contributed by atoms with Crippen molar-refractivity contribution in [2.75, 3.05) is 7.05 Å². The molecule has 1 amide bonds. The van der Waals surface area contributed by atoms with Crippen molar-refractivity contribution in [3.63, 3.8) is 0 Å². The van der Waals surface area contributed by atoms with Gasteiger partial charge in [-0.3, -0.25) is 4.79 Å². The van der Waals surface area contributed by atoms with Crippen LogP contribution in [0.3, 0.4) is 0 Å². The molecule has 0 bridgehead atoms. The zero-order chi connectivity index (χ0) is 12.2. The van der Waals surface area contributed by atoms with Gasteiger partial charge in [0.1, 0.15) is 0 Å². The standard InChI is InChI=1S/C9H8N2O4S/c1-10-9(13)7-2-4-8(5-3-7)16(14,15)11-6-12/h2-5H,1H3,(H,10,13). The Morgan fingerprint density at radius 2 is 1.88 bits per heavy atom. The summed E-state index contributed by atoms with van der Waals surface area (Å²) in [5.41, 5.74) is 0.316. The Balaban J connectivity index is 3.14. The number of isocyanates is 1. The number of nitrogens with zero attached hydrogens (tertiary/aromatic N) is 1. The number of amides is 1. The number of hydrogen-bond donors (Lipinski definition) is 1.